The van der Waals surface area contributed by atoms with E-state index in [1.54, 1.807) is 9.58 Å². The summed E-state index contributed by atoms with van der Waals surface area (Å²) in [5, 5.41) is 13.0. The van der Waals surface area contributed by atoms with Gasteiger partial charge in [0.05, 0.1) is 24.6 Å². The molecular weight excluding hydrogens is 284 g/mol. The number of carbonyl (C=O) groups is 1. The van der Waals surface area contributed by atoms with Crippen LogP contribution in [0.15, 0.2) is 6.33 Å². The molecule has 1 aromatic heterocycles. The minimum absolute atomic E-state index is 0.0144. The third-order valence-electron chi connectivity index (χ3n) is 3.40. The molecule has 1 atom stereocenters. The van der Waals surface area contributed by atoms with Crippen molar-refractivity contribution in [1.29, 1.82) is 0 Å². The zero-order valence-electron chi connectivity index (χ0n) is 11.3. The first-order valence-electron chi connectivity index (χ1n) is 6.44. The molecule has 0 aromatic carbocycles. The van der Waals surface area contributed by atoms with Crippen molar-refractivity contribution in [3.05, 3.63) is 12.2 Å². The summed E-state index contributed by atoms with van der Waals surface area (Å²) in [7, 11) is -3.05. The quantitative estimate of drug-likeness (QED) is 0.746. The first-order chi connectivity index (χ1) is 9.41. The SMILES string of the molecule is CCn1ncnc1CN(CC(=O)O)C1CCS(=O)(=O)C1. The van der Waals surface area contributed by atoms with Gasteiger partial charge in [0.25, 0.3) is 0 Å². The fourth-order valence-corrected chi connectivity index (χ4v) is 4.17. The molecule has 0 saturated carbocycles. The van der Waals surface area contributed by atoms with Gasteiger partial charge in [0.1, 0.15) is 12.2 Å². The Bertz CT molecular complexity index is 583. The van der Waals surface area contributed by atoms with Gasteiger partial charge in [-0.2, -0.15) is 5.10 Å². The molecule has 1 unspecified atom stereocenters. The third-order valence-corrected chi connectivity index (χ3v) is 5.15. The lowest BCUT2D eigenvalue weighted by atomic mass is 10.2. The molecule has 0 radical (unpaired) electrons. The molecule has 112 valence electrons. The maximum absolute atomic E-state index is 11.5. The van der Waals surface area contributed by atoms with Gasteiger partial charge in [-0.3, -0.25) is 9.69 Å². The molecule has 20 heavy (non-hydrogen) atoms. The molecule has 2 heterocycles. The summed E-state index contributed by atoms with van der Waals surface area (Å²) in [5.74, 6) is -0.190. The van der Waals surface area contributed by atoms with Crippen LogP contribution in [0, 0.1) is 0 Å². The second kappa shape index (κ2) is 5.88. The Morgan fingerprint density at radius 1 is 1.60 bits per heavy atom. The predicted molar refractivity (Wildman–Crippen MR) is 70.8 cm³/mol. The van der Waals surface area contributed by atoms with Gasteiger partial charge in [-0.25, -0.2) is 18.1 Å². The molecule has 2 rings (SSSR count). The average molecular weight is 302 g/mol. The van der Waals surface area contributed by atoms with Gasteiger partial charge in [0, 0.05) is 12.6 Å². The number of sulfone groups is 1. The highest BCUT2D eigenvalue weighted by Crippen LogP contribution is 2.19. The number of carboxylic acids is 1. The Morgan fingerprint density at radius 2 is 2.35 bits per heavy atom. The van der Waals surface area contributed by atoms with Crippen LogP contribution in [0.4, 0.5) is 0 Å². The van der Waals surface area contributed by atoms with Gasteiger partial charge < -0.3 is 5.11 Å². The lowest BCUT2D eigenvalue weighted by Crippen LogP contribution is -2.40. The van der Waals surface area contributed by atoms with Crippen molar-refractivity contribution in [1.82, 2.24) is 19.7 Å². The van der Waals surface area contributed by atoms with Crippen LogP contribution >= 0.6 is 0 Å². The minimum atomic E-state index is -3.05. The van der Waals surface area contributed by atoms with E-state index in [4.69, 9.17) is 5.11 Å². The fourth-order valence-electron chi connectivity index (χ4n) is 2.41. The second-order valence-electron chi connectivity index (χ2n) is 4.85. The van der Waals surface area contributed by atoms with Crippen molar-refractivity contribution < 1.29 is 18.3 Å². The largest absolute Gasteiger partial charge is 0.480 e. The zero-order chi connectivity index (χ0) is 14.8. The van der Waals surface area contributed by atoms with Crippen LogP contribution in [0.25, 0.3) is 0 Å². The summed E-state index contributed by atoms with van der Waals surface area (Å²) in [6, 6.07) is -0.266. The number of aryl methyl sites for hydroxylation is 1. The normalized spacial score (nSPS) is 21.4. The van der Waals surface area contributed by atoms with Gasteiger partial charge in [-0.1, -0.05) is 0 Å². The van der Waals surface area contributed by atoms with Gasteiger partial charge in [0.2, 0.25) is 0 Å². The van der Waals surface area contributed by atoms with E-state index >= 15 is 0 Å². The molecule has 0 aliphatic carbocycles. The van der Waals surface area contributed by atoms with Crippen LogP contribution in [0.1, 0.15) is 19.2 Å². The summed E-state index contributed by atoms with van der Waals surface area (Å²) < 4.78 is 24.8. The van der Waals surface area contributed by atoms with E-state index in [1.807, 2.05) is 6.92 Å². The molecule has 0 spiro atoms. The first kappa shape index (κ1) is 14.9. The monoisotopic (exact) mass is 302 g/mol. The standard InChI is InChI=1S/C11H18N4O4S/c1-2-15-10(12-8-13-15)5-14(6-11(16)17)9-3-4-20(18,19)7-9/h8-9H,2-7H2,1H3,(H,16,17). The average Bonchev–Trinajstić information content (AvgIpc) is 2.93. The fraction of sp³-hybridized carbons (Fsp3) is 0.727. The molecule has 1 aliphatic rings. The number of hydrogen-bond donors (Lipinski definition) is 1. The number of nitrogens with zero attached hydrogens (tertiary/aromatic N) is 4. The smallest absolute Gasteiger partial charge is 0.317 e. The van der Waals surface area contributed by atoms with Gasteiger partial charge in [-0.05, 0) is 13.3 Å². The summed E-state index contributed by atoms with van der Waals surface area (Å²) in [6.07, 6.45) is 1.89. The second-order valence-corrected chi connectivity index (χ2v) is 7.08. The van der Waals surface area contributed by atoms with Crippen LogP contribution < -0.4 is 0 Å². The molecule has 8 nitrogen and oxygen atoms in total. The van der Waals surface area contributed by atoms with E-state index in [0.29, 0.717) is 25.3 Å². The van der Waals surface area contributed by atoms with Gasteiger partial charge >= 0.3 is 5.97 Å². The predicted octanol–water partition coefficient (Wildman–Crippen LogP) is -0.628. The highest BCUT2D eigenvalue weighted by atomic mass is 32.2. The van der Waals surface area contributed by atoms with Crippen molar-refractivity contribution in [3.8, 4) is 0 Å². The Kier molecular flexibility index (Phi) is 4.39. The maximum atomic E-state index is 11.5. The van der Waals surface area contributed by atoms with E-state index in [2.05, 4.69) is 10.1 Å². The molecular formula is C11H18N4O4S. The van der Waals surface area contributed by atoms with Crippen molar-refractivity contribution in [2.24, 2.45) is 0 Å². The third kappa shape index (κ3) is 3.54. The Morgan fingerprint density at radius 3 is 2.90 bits per heavy atom. The molecule has 1 saturated heterocycles. The molecule has 1 aliphatic heterocycles. The number of aromatic nitrogens is 3. The summed E-state index contributed by atoms with van der Waals surface area (Å²) in [5.41, 5.74) is 0. The molecule has 9 heteroatoms. The summed E-state index contributed by atoms with van der Waals surface area (Å²) in [4.78, 5) is 16.7. The number of aliphatic carboxylic acids is 1. The molecule has 0 amide bonds. The maximum Gasteiger partial charge on any atom is 0.317 e. The summed E-state index contributed by atoms with van der Waals surface area (Å²) >= 11 is 0. The number of carboxylic acid groups (broad SMARTS) is 1. The zero-order valence-corrected chi connectivity index (χ0v) is 12.1. The highest BCUT2D eigenvalue weighted by Gasteiger charge is 2.33. The Labute approximate surface area is 117 Å². The van der Waals surface area contributed by atoms with Crippen molar-refractivity contribution in [2.75, 3.05) is 18.1 Å². The van der Waals surface area contributed by atoms with Crippen molar-refractivity contribution in [3.63, 3.8) is 0 Å². The van der Waals surface area contributed by atoms with Crippen LogP contribution in [-0.2, 0) is 27.7 Å². The van der Waals surface area contributed by atoms with Crippen molar-refractivity contribution in [2.45, 2.75) is 32.5 Å². The van der Waals surface area contributed by atoms with Crippen LogP contribution in [0.3, 0.4) is 0 Å². The minimum Gasteiger partial charge on any atom is -0.480 e. The molecule has 0 bridgehead atoms. The van der Waals surface area contributed by atoms with E-state index in [9.17, 15) is 13.2 Å². The van der Waals surface area contributed by atoms with E-state index in [1.165, 1.54) is 6.33 Å². The molecule has 1 N–H and O–H groups in total. The van der Waals surface area contributed by atoms with E-state index < -0.39 is 15.8 Å². The Hall–Kier alpha value is -1.48. The van der Waals surface area contributed by atoms with Gasteiger partial charge in [-0.15, -0.1) is 0 Å². The molecule has 1 aromatic rings. The molecule has 1 fully saturated rings. The topological polar surface area (TPSA) is 105 Å². The van der Waals surface area contributed by atoms with Crippen LogP contribution in [0.2, 0.25) is 0 Å². The highest BCUT2D eigenvalue weighted by molar-refractivity contribution is 7.91. The van der Waals surface area contributed by atoms with E-state index in [0.717, 1.165) is 0 Å². The lowest BCUT2D eigenvalue weighted by Gasteiger charge is -2.25. The number of hydrogen-bond acceptors (Lipinski definition) is 6. The lowest BCUT2D eigenvalue weighted by molar-refractivity contribution is -0.139. The first-order valence-corrected chi connectivity index (χ1v) is 8.26. The number of rotatable bonds is 6. The van der Waals surface area contributed by atoms with Gasteiger partial charge in [0.15, 0.2) is 9.84 Å². The van der Waals surface area contributed by atoms with E-state index in [-0.39, 0.29) is 24.1 Å². The van der Waals surface area contributed by atoms with Crippen LogP contribution in [0.5, 0.6) is 0 Å². The van der Waals surface area contributed by atoms with Crippen LogP contribution in [-0.4, -0.2) is 63.3 Å². The Balaban J connectivity index is 2.14. The summed E-state index contributed by atoms with van der Waals surface area (Å²) in [6.45, 7) is 2.65. The van der Waals surface area contributed by atoms with Crippen molar-refractivity contribution >= 4 is 15.8 Å².